The van der Waals surface area contributed by atoms with E-state index in [1.807, 2.05) is 42.5 Å². The summed E-state index contributed by atoms with van der Waals surface area (Å²) >= 11 is 0. The predicted molar refractivity (Wildman–Crippen MR) is 105 cm³/mol. The highest BCUT2D eigenvalue weighted by Crippen LogP contribution is 2.26. The number of rotatable bonds is 3. The van der Waals surface area contributed by atoms with Gasteiger partial charge in [0, 0.05) is 17.3 Å². The monoisotopic (exact) mass is 356 g/mol. The number of carbonyl (C=O) groups is 1. The van der Waals surface area contributed by atoms with Gasteiger partial charge in [-0.15, -0.1) is 0 Å². The first-order valence-corrected chi connectivity index (χ1v) is 8.38. The van der Waals surface area contributed by atoms with E-state index in [4.69, 9.17) is 5.73 Å². The van der Waals surface area contributed by atoms with E-state index in [0.29, 0.717) is 16.6 Å². The molecule has 0 spiro atoms. The van der Waals surface area contributed by atoms with E-state index in [1.165, 1.54) is 6.20 Å². The second-order valence-corrected chi connectivity index (χ2v) is 6.22. The molecule has 5 heteroatoms. The highest BCUT2D eigenvalue weighted by molar-refractivity contribution is 5.97. The van der Waals surface area contributed by atoms with Crippen LogP contribution in [0.25, 0.3) is 27.7 Å². The van der Waals surface area contributed by atoms with Gasteiger partial charge in [-0.05, 0) is 47.5 Å². The molecule has 0 unspecified atom stereocenters. The van der Waals surface area contributed by atoms with Gasteiger partial charge in [-0.3, -0.25) is 9.59 Å². The first-order chi connectivity index (χ1) is 13.0. The molecule has 0 saturated heterocycles. The Balaban J connectivity index is 2.06. The number of pyridine rings is 1. The maximum atomic E-state index is 12.7. The van der Waals surface area contributed by atoms with Gasteiger partial charge in [-0.1, -0.05) is 36.4 Å². The third-order valence-corrected chi connectivity index (χ3v) is 4.51. The number of nitrogens with zero attached hydrogens (tertiary/aromatic N) is 1. The highest BCUT2D eigenvalue weighted by Gasteiger charge is 2.15. The summed E-state index contributed by atoms with van der Waals surface area (Å²) in [6.45, 7) is 0. The first-order valence-electron chi connectivity index (χ1n) is 8.38. The van der Waals surface area contributed by atoms with Gasteiger partial charge in [-0.25, -0.2) is 0 Å². The van der Waals surface area contributed by atoms with Crippen LogP contribution in [0.4, 0.5) is 0 Å². The summed E-state index contributed by atoms with van der Waals surface area (Å²) < 4.78 is 1.74. The molecule has 4 aromatic rings. The van der Waals surface area contributed by atoms with Gasteiger partial charge in [-0.2, -0.15) is 0 Å². The SMILES string of the molecule is NC(=O)c1cn(-c2ccc(O)cc2)c2cc(-c3ccccc3)ccc2c1=O. The first kappa shape index (κ1) is 16.6. The third kappa shape index (κ3) is 2.95. The second-order valence-electron chi connectivity index (χ2n) is 6.22. The summed E-state index contributed by atoms with van der Waals surface area (Å²) in [6, 6.07) is 21.8. The lowest BCUT2D eigenvalue weighted by Gasteiger charge is -2.14. The molecule has 1 heterocycles. The lowest BCUT2D eigenvalue weighted by atomic mass is 10.0. The lowest BCUT2D eigenvalue weighted by Crippen LogP contribution is -2.23. The molecule has 3 N–H and O–H groups in total. The molecular weight excluding hydrogens is 340 g/mol. The molecule has 4 rings (SSSR count). The number of phenols is 1. The van der Waals surface area contributed by atoms with Crippen molar-refractivity contribution in [3.8, 4) is 22.6 Å². The topological polar surface area (TPSA) is 85.3 Å². The fourth-order valence-corrected chi connectivity index (χ4v) is 3.14. The molecule has 27 heavy (non-hydrogen) atoms. The Bertz CT molecular complexity index is 1210. The Labute approximate surface area is 154 Å². The number of nitrogens with two attached hydrogens (primary N) is 1. The fraction of sp³-hybridized carbons (Fsp3) is 0. The van der Waals surface area contributed by atoms with Gasteiger partial charge in [0.2, 0.25) is 5.43 Å². The Hall–Kier alpha value is -3.86. The van der Waals surface area contributed by atoms with Crippen LogP contribution in [-0.4, -0.2) is 15.6 Å². The number of aromatic hydroxyl groups is 1. The zero-order valence-electron chi connectivity index (χ0n) is 14.3. The van der Waals surface area contributed by atoms with Crippen LogP contribution in [-0.2, 0) is 0 Å². The van der Waals surface area contributed by atoms with Crippen LogP contribution in [0.15, 0.2) is 83.8 Å². The van der Waals surface area contributed by atoms with Crippen LogP contribution in [0.3, 0.4) is 0 Å². The fourth-order valence-electron chi connectivity index (χ4n) is 3.14. The smallest absolute Gasteiger partial charge is 0.254 e. The van der Waals surface area contributed by atoms with E-state index >= 15 is 0 Å². The lowest BCUT2D eigenvalue weighted by molar-refractivity contribution is 0.0999. The van der Waals surface area contributed by atoms with Crippen molar-refractivity contribution in [1.82, 2.24) is 4.57 Å². The van der Waals surface area contributed by atoms with E-state index in [2.05, 4.69) is 0 Å². The molecule has 0 aliphatic rings. The number of amides is 1. The number of fused-ring (bicyclic) bond motifs is 1. The van der Waals surface area contributed by atoms with E-state index in [0.717, 1.165) is 11.1 Å². The molecule has 3 aromatic carbocycles. The van der Waals surface area contributed by atoms with Crippen molar-refractivity contribution in [3.63, 3.8) is 0 Å². The zero-order valence-corrected chi connectivity index (χ0v) is 14.3. The summed E-state index contributed by atoms with van der Waals surface area (Å²) in [5, 5.41) is 9.97. The van der Waals surface area contributed by atoms with E-state index in [1.54, 1.807) is 34.9 Å². The zero-order chi connectivity index (χ0) is 19.0. The number of benzene rings is 3. The molecule has 0 fully saturated rings. The third-order valence-electron chi connectivity index (χ3n) is 4.51. The number of primary amides is 1. The number of carbonyl (C=O) groups excluding carboxylic acids is 1. The van der Waals surface area contributed by atoms with Gasteiger partial charge in [0.1, 0.15) is 11.3 Å². The van der Waals surface area contributed by atoms with Crippen molar-refractivity contribution < 1.29 is 9.90 Å². The van der Waals surface area contributed by atoms with Gasteiger partial charge in [0.15, 0.2) is 0 Å². The number of hydrogen-bond donors (Lipinski definition) is 2. The Morgan fingerprint density at radius 1 is 0.889 bits per heavy atom. The highest BCUT2D eigenvalue weighted by atomic mass is 16.3. The normalized spacial score (nSPS) is 10.8. The van der Waals surface area contributed by atoms with E-state index in [-0.39, 0.29) is 11.3 Å². The van der Waals surface area contributed by atoms with Crippen LogP contribution < -0.4 is 11.2 Å². The maximum Gasteiger partial charge on any atom is 0.254 e. The summed E-state index contributed by atoms with van der Waals surface area (Å²) in [5.74, 6) is -0.647. The van der Waals surface area contributed by atoms with Crippen LogP contribution in [0.5, 0.6) is 5.75 Å². The van der Waals surface area contributed by atoms with Gasteiger partial charge in [0.25, 0.3) is 5.91 Å². The minimum Gasteiger partial charge on any atom is -0.508 e. The number of phenolic OH excluding ortho intramolecular Hbond substituents is 1. The van der Waals surface area contributed by atoms with Gasteiger partial charge in [0.05, 0.1) is 5.52 Å². The van der Waals surface area contributed by atoms with Crippen LogP contribution in [0.2, 0.25) is 0 Å². The summed E-state index contributed by atoms with van der Waals surface area (Å²) in [5.41, 5.74) is 8.24. The summed E-state index contributed by atoms with van der Waals surface area (Å²) in [6.07, 6.45) is 1.45. The second kappa shape index (κ2) is 6.46. The molecule has 132 valence electrons. The predicted octanol–water partition coefficient (Wildman–Crippen LogP) is 3.46. The summed E-state index contributed by atoms with van der Waals surface area (Å²) in [4.78, 5) is 24.5. The van der Waals surface area contributed by atoms with Gasteiger partial charge >= 0.3 is 0 Å². The Morgan fingerprint density at radius 3 is 2.26 bits per heavy atom. The molecule has 0 atom stereocenters. The molecule has 5 nitrogen and oxygen atoms in total. The Morgan fingerprint density at radius 2 is 1.59 bits per heavy atom. The minimum atomic E-state index is -0.776. The number of hydrogen-bond acceptors (Lipinski definition) is 3. The van der Waals surface area contributed by atoms with Gasteiger partial charge < -0.3 is 15.4 Å². The molecule has 0 radical (unpaired) electrons. The Kier molecular flexibility index (Phi) is 3.97. The van der Waals surface area contributed by atoms with Crippen molar-refractivity contribution >= 4 is 16.8 Å². The molecule has 0 saturated carbocycles. The molecule has 0 aliphatic heterocycles. The van der Waals surface area contributed by atoms with Crippen molar-refractivity contribution in [3.05, 3.63) is 94.8 Å². The largest absolute Gasteiger partial charge is 0.508 e. The molecule has 0 bridgehead atoms. The van der Waals surface area contributed by atoms with E-state index < -0.39 is 11.3 Å². The number of aromatic nitrogens is 1. The average Bonchev–Trinajstić information content (AvgIpc) is 2.69. The molecule has 0 aliphatic carbocycles. The summed E-state index contributed by atoms with van der Waals surface area (Å²) in [7, 11) is 0. The molecule has 1 amide bonds. The van der Waals surface area contributed by atoms with Crippen LogP contribution >= 0.6 is 0 Å². The standard InChI is InChI=1S/C22H16N2O3/c23-22(27)19-13-24(16-7-9-17(25)10-8-16)20-12-15(6-11-18(20)21(19)26)14-4-2-1-3-5-14/h1-13,25H,(H2,23,27). The van der Waals surface area contributed by atoms with Crippen molar-refractivity contribution in [1.29, 1.82) is 0 Å². The van der Waals surface area contributed by atoms with Crippen molar-refractivity contribution in [2.24, 2.45) is 5.73 Å². The molecular formula is C22H16N2O3. The average molecular weight is 356 g/mol. The maximum absolute atomic E-state index is 12.7. The van der Waals surface area contributed by atoms with Crippen molar-refractivity contribution in [2.45, 2.75) is 0 Å². The van der Waals surface area contributed by atoms with Crippen LogP contribution in [0.1, 0.15) is 10.4 Å². The van der Waals surface area contributed by atoms with Crippen LogP contribution in [0, 0.1) is 0 Å². The van der Waals surface area contributed by atoms with Crippen molar-refractivity contribution in [2.75, 3.05) is 0 Å². The minimum absolute atomic E-state index is 0.0805. The molecule has 1 aromatic heterocycles. The van der Waals surface area contributed by atoms with E-state index in [9.17, 15) is 14.7 Å². The quantitative estimate of drug-likeness (QED) is 0.589.